The Hall–Kier alpha value is -1.79. The molecule has 1 rings (SSSR count). The van der Waals surface area contributed by atoms with Crippen molar-refractivity contribution in [2.75, 3.05) is 34.5 Å². The molecule has 22 heavy (non-hydrogen) atoms. The Kier molecular flexibility index (Phi) is 7.14. The van der Waals surface area contributed by atoms with Crippen molar-refractivity contribution in [3.05, 3.63) is 22.8 Å². The van der Waals surface area contributed by atoms with Crippen molar-refractivity contribution in [1.82, 2.24) is 0 Å². The Balaban J connectivity index is 3.21. The highest BCUT2D eigenvalue weighted by Crippen LogP contribution is 2.33. The highest BCUT2D eigenvalue weighted by molar-refractivity contribution is 5.95. The summed E-state index contributed by atoms with van der Waals surface area (Å²) in [5.74, 6) is 0.608. The molecule has 0 saturated heterocycles. The van der Waals surface area contributed by atoms with E-state index in [2.05, 4.69) is 0 Å². The van der Waals surface area contributed by atoms with E-state index in [1.165, 1.54) is 14.2 Å². The molecule has 1 aromatic carbocycles. The van der Waals surface area contributed by atoms with Crippen LogP contribution in [0.5, 0.6) is 11.5 Å². The molecular weight excluding hydrogens is 288 g/mol. The molecule has 124 valence electrons. The van der Waals surface area contributed by atoms with E-state index in [9.17, 15) is 4.79 Å². The predicted molar refractivity (Wildman–Crippen MR) is 81.7 cm³/mol. The van der Waals surface area contributed by atoms with Gasteiger partial charge in [-0.25, -0.2) is 4.79 Å². The second kappa shape index (κ2) is 8.60. The van der Waals surface area contributed by atoms with E-state index in [0.717, 1.165) is 11.1 Å². The maximum atomic E-state index is 12.2. The van der Waals surface area contributed by atoms with Crippen LogP contribution in [0.2, 0.25) is 0 Å². The SMILES string of the molecule is CCOC(=O)c1c(OCC(OC)OC)cc(OC)c(C)c1C. The molecule has 0 aliphatic rings. The van der Waals surface area contributed by atoms with Crippen LogP contribution in [0.1, 0.15) is 28.4 Å². The molecular formula is C16H24O6. The first-order chi connectivity index (χ1) is 10.5. The van der Waals surface area contributed by atoms with Crippen LogP contribution in [0.25, 0.3) is 0 Å². The molecule has 0 spiro atoms. The van der Waals surface area contributed by atoms with Gasteiger partial charge in [0, 0.05) is 20.3 Å². The van der Waals surface area contributed by atoms with Crippen molar-refractivity contribution in [3.8, 4) is 11.5 Å². The van der Waals surface area contributed by atoms with Crippen LogP contribution in [-0.4, -0.2) is 46.8 Å². The van der Waals surface area contributed by atoms with Crippen LogP contribution in [-0.2, 0) is 14.2 Å². The number of ether oxygens (including phenoxy) is 5. The lowest BCUT2D eigenvalue weighted by Crippen LogP contribution is -2.23. The molecule has 0 amide bonds. The lowest BCUT2D eigenvalue weighted by molar-refractivity contribution is -0.122. The molecule has 0 bridgehead atoms. The third-order valence-electron chi connectivity index (χ3n) is 3.42. The zero-order chi connectivity index (χ0) is 16.7. The van der Waals surface area contributed by atoms with Crippen molar-refractivity contribution in [2.45, 2.75) is 27.1 Å². The van der Waals surface area contributed by atoms with E-state index < -0.39 is 12.3 Å². The van der Waals surface area contributed by atoms with Gasteiger partial charge in [-0.2, -0.15) is 0 Å². The maximum Gasteiger partial charge on any atom is 0.342 e. The van der Waals surface area contributed by atoms with Gasteiger partial charge in [0.1, 0.15) is 23.7 Å². The fourth-order valence-electron chi connectivity index (χ4n) is 2.03. The summed E-state index contributed by atoms with van der Waals surface area (Å²) in [7, 11) is 4.61. The molecule has 6 heteroatoms. The summed E-state index contributed by atoms with van der Waals surface area (Å²) in [6, 6.07) is 1.68. The zero-order valence-corrected chi connectivity index (χ0v) is 14.0. The lowest BCUT2D eigenvalue weighted by Gasteiger charge is -2.19. The first kappa shape index (κ1) is 18.3. The van der Waals surface area contributed by atoms with Gasteiger partial charge in [0.05, 0.1) is 13.7 Å². The minimum Gasteiger partial charge on any atom is -0.496 e. The van der Waals surface area contributed by atoms with E-state index in [-0.39, 0.29) is 6.61 Å². The van der Waals surface area contributed by atoms with E-state index in [0.29, 0.717) is 23.7 Å². The summed E-state index contributed by atoms with van der Waals surface area (Å²) < 4.78 is 26.3. The number of hydrogen-bond acceptors (Lipinski definition) is 6. The fourth-order valence-corrected chi connectivity index (χ4v) is 2.03. The van der Waals surface area contributed by atoms with Crippen LogP contribution in [0, 0.1) is 13.8 Å². The van der Waals surface area contributed by atoms with Gasteiger partial charge >= 0.3 is 5.97 Å². The predicted octanol–water partition coefficient (Wildman–Crippen LogP) is 2.49. The van der Waals surface area contributed by atoms with Gasteiger partial charge in [-0.3, -0.25) is 0 Å². The number of rotatable bonds is 8. The van der Waals surface area contributed by atoms with Crippen LogP contribution in [0.15, 0.2) is 6.07 Å². The number of carbonyl (C=O) groups excluding carboxylic acids is 1. The van der Waals surface area contributed by atoms with Gasteiger partial charge in [0.15, 0.2) is 6.29 Å². The number of carbonyl (C=O) groups is 1. The summed E-state index contributed by atoms with van der Waals surface area (Å²) in [6.07, 6.45) is -0.525. The Labute approximate surface area is 131 Å². The van der Waals surface area contributed by atoms with Crippen LogP contribution < -0.4 is 9.47 Å². The quantitative estimate of drug-likeness (QED) is 0.543. The van der Waals surface area contributed by atoms with Crippen molar-refractivity contribution in [2.24, 2.45) is 0 Å². The van der Waals surface area contributed by atoms with Crippen molar-refractivity contribution in [3.63, 3.8) is 0 Å². The minimum atomic E-state index is -0.525. The second-order valence-electron chi connectivity index (χ2n) is 4.63. The maximum absolute atomic E-state index is 12.2. The average Bonchev–Trinajstić information content (AvgIpc) is 2.51. The third-order valence-corrected chi connectivity index (χ3v) is 3.42. The topological polar surface area (TPSA) is 63.2 Å². The second-order valence-corrected chi connectivity index (χ2v) is 4.63. The largest absolute Gasteiger partial charge is 0.496 e. The smallest absolute Gasteiger partial charge is 0.342 e. The van der Waals surface area contributed by atoms with E-state index in [1.807, 2.05) is 13.8 Å². The standard InChI is InChI=1S/C16H24O6/c1-7-21-16(17)15-11(3)10(2)12(18-4)8-13(15)22-9-14(19-5)20-6/h8,14H,7,9H2,1-6H3. The molecule has 0 fully saturated rings. The van der Waals surface area contributed by atoms with Gasteiger partial charge < -0.3 is 23.7 Å². The van der Waals surface area contributed by atoms with Gasteiger partial charge in [-0.05, 0) is 31.9 Å². The monoisotopic (exact) mass is 312 g/mol. The van der Waals surface area contributed by atoms with E-state index in [4.69, 9.17) is 23.7 Å². The molecule has 1 aromatic rings. The molecule has 0 aliphatic carbocycles. The van der Waals surface area contributed by atoms with Gasteiger partial charge in [-0.1, -0.05) is 0 Å². The number of esters is 1. The van der Waals surface area contributed by atoms with Gasteiger partial charge in [0.2, 0.25) is 0 Å². The molecule has 0 atom stereocenters. The van der Waals surface area contributed by atoms with Crippen LogP contribution in [0.4, 0.5) is 0 Å². The fraction of sp³-hybridized carbons (Fsp3) is 0.562. The first-order valence-corrected chi connectivity index (χ1v) is 7.03. The van der Waals surface area contributed by atoms with E-state index >= 15 is 0 Å². The van der Waals surface area contributed by atoms with Gasteiger partial charge in [0.25, 0.3) is 0 Å². The number of methoxy groups -OCH3 is 3. The summed E-state index contributed by atoms with van der Waals surface area (Å²) in [5, 5.41) is 0. The Morgan fingerprint density at radius 2 is 1.73 bits per heavy atom. The number of hydrogen-bond donors (Lipinski definition) is 0. The molecule has 0 aliphatic heterocycles. The highest BCUT2D eigenvalue weighted by Gasteiger charge is 2.22. The number of benzene rings is 1. The first-order valence-electron chi connectivity index (χ1n) is 7.03. The van der Waals surface area contributed by atoms with Gasteiger partial charge in [-0.15, -0.1) is 0 Å². The van der Waals surface area contributed by atoms with E-state index in [1.54, 1.807) is 20.1 Å². The summed E-state index contributed by atoms with van der Waals surface area (Å²) in [5.41, 5.74) is 2.03. The lowest BCUT2D eigenvalue weighted by atomic mass is 10.0. The Morgan fingerprint density at radius 3 is 2.23 bits per heavy atom. The normalized spacial score (nSPS) is 10.7. The highest BCUT2D eigenvalue weighted by atomic mass is 16.7. The summed E-state index contributed by atoms with van der Waals surface area (Å²) in [6.45, 7) is 5.91. The molecule has 6 nitrogen and oxygen atoms in total. The molecule has 0 radical (unpaired) electrons. The van der Waals surface area contributed by atoms with Crippen molar-refractivity contribution in [1.29, 1.82) is 0 Å². The third kappa shape index (κ3) is 4.11. The Bertz CT molecular complexity index is 508. The molecule has 0 aromatic heterocycles. The minimum absolute atomic E-state index is 0.144. The Morgan fingerprint density at radius 1 is 1.09 bits per heavy atom. The molecule has 0 N–H and O–H groups in total. The molecule has 0 saturated carbocycles. The molecule has 0 heterocycles. The van der Waals surface area contributed by atoms with Crippen LogP contribution in [0.3, 0.4) is 0 Å². The summed E-state index contributed by atoms with van der Waals surface area (Å²) >= 11 is 0. The average molecular weight is 312 g/mol. The summed E-state index contributed by atoms with van der Waals surface area (Å²) in [4.78, 5) is 12.2. The van der Waals surface area contributed by atoms with Crippen molar-refractivity contribution < 1.29 is 28.5 Å². The van der Waals surface area contributed by atoms with Crippen LogP contribution >= 0.6 is 0 Å². The van der Waals surface area contributed by atoms with Crippen molar-refractivity contribution >= 4 is 5.97 Å². The zero-order valence-electron chi connectivity index (χ0n) is 14.0. The molecule has 0 unspecified atom stereocenters.